The number of carbonyl (C=O) groups is 1. The summed E-state index contributed by atoms with van der Waals surface area (Å²) in [6.07, 6.45) is 2.38. The van der Waals surface area contributed by atoms with E-state index >= 15 is 0 Å². The van der Waals surface area contributed by atoms with Gasteiger partial charge in [-0.05, 0) is 55.0 Å². The molecule has 0 saturated carbocycles. The minimum Gasteiger partial charge on any atom is -0.336 e. The van der Waals surface area contributed by atoms with Crippen molar-refractivity contribution in [2.45, 2.75) is 46.2 Å². The molecule has 0 aliphatic carbocycles. The fourth-order valence-electron chi connectivity index (χ4n) is 3.87. The second kappa shape index (κ2) is 7.95. The second-order valence-electron chi connectivity index (χ2n) is 7.55. The molecule has 2 aromatic carbocycles. The molecule has 3 rings (SSSR count). The van der Waals surface area contributed by atoms with Crippen molar-refractivity contribution in [3.63, 3.8) is 0 Å². The van der Waals surface area contributed by atoms with Crippen LogP contribution in [0.5, 0.6) is 0 Å². The Labute approximate surface area is 168 Å². The van der Waals surface area contributed by atoms with E-state index in [-0.39, 0.29) is 5.91 Å². The molecule has 1 aliphatic heterocycles. The fourth-order valence-corrected chi connectivity index (χ4v) is 5.13. The topological polar surface area (TPSA) is 57.7 Å². The van der Waals surface area contributed by atoms with E-state index in [2.05, 4.69) is 6.07 Å². The average molecular weight is 401 g/mol. The van der Waals surface area contributed by atoms with Crippen molar-refractivity contribution in [1.29, 1.82) is 0 Å². The van der Waals surface area contributed by atoms with Crippen molar-refractivity contribution >= 4 is 21.6 Å². The van der Waals surface area contributed by atoms with Crippen LogP contribution in [-0.4, -0.2) is 38.1 Å². The van der Waals surface area contributed by atoms with E-state index in [9.17, 15) is 13.2 Å². The first-order valence-electron chi connectivity index (χ1n) is 9.64. The van der Waals surface area contributed by atoms with Crippen LogP contribution in [-0.2, 0) is 27.8 Å². The lowest BCUT2D eigenvalue weighted by molar-refractivity contribution is -0.133. The SMILES string of the molecule is CC[C@H](C(=O)N1CCc2ccccc2C1)N(c1cc(C)ccc1C)S(C)(=O)=O. The molecule has 0 radical (unpaired) electrons. The molecule has 1 heterocycles. The van der Waals surface area contributed by atoms with Gasteiger partial charge in [0.1, 0.15) is 6.04 Å². The molecule has 0 N–H and O–H groups in total. The van der Waals surface area contributed by atoms with E-state index < -0.39 is 16.1 Å². The summed E-state index contributed by atoms with van der Waals surface area (Å²) in [5, 5.41) is 0. The summed E-state index contributed by atoms with van der Waals surface area (Å²) >= 11 is 0. The number of hydrogen-bond acceptors (Lipinski definition) is 3. The Balaban J connectivity index is 1.97. The highest BCUT2D eigenvalue weighted by atomic mass is 32.2. The van der Waals surface area contributed by atoms with E-state index in [1.54, 1.807) is 4.90 Å². The fraction of sp³-hybridized carbons (Fsp3) is 0.409. The van der Waals surface area contributed by atoms with Crippen molar-refractivity contribution in [1.82, 2.24) is 4.90 Å². The number of anilines is 1. The highest BCUT2D eigenvalue weighted by Gasteiger charge is 2.35. The van der Waals surface area contributed by atoms with E-state index in [1.807, 2.05) is 57.2 Å². The summed E-state index contributed by atoms with van der Waals surface area (Å²) in [7, 11) is -3.63. The van der Waals surface area contributed by atoms with Gasteiger partial charge in [-0.15, -0.1) is 0 Å². The van der Waals surface area contributed by atoms with Crippen molar-refractivity contribution < 1.29 is 13.2 Å². The predicted molar refractivity (Wildman–Crippen MR) is 113 cm³/mol. The summed E-state index contributed by atoms with van der Waals surface area (Å²) < 4.78 is 26.8. The van der Waals surface area contributed by atoms with Gasteiger partial charge in [0.2, 0.25) is 15.9 Å². The third-order valence-corrected chi connectivity index (χ3v) is 6.52. The number of fused-ring (bicyclic) bond motifs is 1. The molecule has 0 bridgehead atoms. The van der Waals surface area contributed by atoms with Crippen LogP contribution in [0.25, 0.3) is 0 Å². The van der Waals surface area contributed by atoms with Crippen LogP contribution in [0.4, 0.5) is 5.69 Å². The van der Waals surface area contributed by atoms with Crippen LogP contribution >= 0.6 is 0 Å². The summed E-state index contributed by atoms with van der Waals surface area (Å²) in [5.41, 5.74) is 4.78. The van der Waals surface area contributed by atoms with Crippen molar-refractivity contribution in [2.75, 3.05) is 17.1 Å². The Morgan fingerprint density at radius 2 is 1.82 bits per heavy atom. The first kappa shape index (κ1) is 20.4. The molecule has 150 valence electrons. The lowest BCUT2D eigenvalue weighted by atomic mass is 9.99. The van der Waals surface area contributed by atoms with Crippen LogP contribution in [0.15, 0.2) is 42.5 Å². The summed E-state index contributed by atoms with van der Waals surface area (Å²) in [6, 6.07) is 13.1. The first-order chi connectivity index (χ1) is 13.2. The van der Waals surface area contributed by atoms with E-state index in [1.165, 1.54) is 16.1 Å². The molecule has 28 heavy (non-hydrogen) atoms. The molecule has 0 unspecified atom stereocenters. The molecule has 5 nitrogen and oxygen atoms in total. The number of benzene rings is 2. The first-order valence-corrected chi connectivity index (χ1v) is 11.5. The Hall–Kier alpha value is -2.34. The lowest BCUT2D eigenvalue weighted by Gasteiger charge is -2.37. The van der Waals surface area contributed by atoms with Gasteiger partial charge in [-0.25, -0.2) is 8.42 Å². The summed E-state index contributed by atoms with van der Waals surface area (Å²) in [4.78, 5) is 15.2. The third kappa shape index (κ3) is 4.07. The number of amides is 1. The van der Waals surface area contributed by atoms with E-state index in [0.717, 1.165) is 23.1 Å². The number of aryl methyl sites for hydroxylation is 2. The number of sulfonamides is 1. The van der Waals surface area contributed by atoms with Gasteiger partial charge in [0, 0.05) is 13.1 Å². The standard InChI is InChI=1S/C22H28N2O3S/c1-5-20(22(25)23-13-12-18-8-6-7-9-19(18)15-23)24(28(4,26)27)21-14-16(2)10-11-17(21)3/h6-11,14,20H,5,12-13,15H2,1-4H3/t20-/m1/s1. The number of nitrogens with zero attached hydrogens (tertiary/aromatic N) is 2. The molecule has 0 spiro atoms. The largest absolute Gasteiger partial charge is 0.336 e. The molecule has 1 atom stereocenters. The molecule has 0 aromatic heterocycles. The molecule has 2 aromatic rings. The van der Waals surface area contributed by atoms with Crippen molar-refractivity contribution in [2.24, 2.45) is 0 Å². The average Bonchev–Trinajstić information content (AvgIpc) is 2.66. The highest BCUT2D eigenvalue weighted by molar-refractivity contribution is 7.92. The number of hydrogen-bond donors (Lipinski definition) is 0. The van der Waals surface area contributed by atoms with Crippen LogP contribution in [0.1, 0.15) is 35.6 Å². The van der Waals surface area contributed by atoms with Crippen LogP contribution in [0.2, 0.25) is 0 Å². The van der Waals surface area contributed by atoms with Gasteiger partial charge in [-0.1, -0.05) is 43.3 Å². The summed E-state index contributed by atoms with van der Waals surface area (Å²) in [5.74, 6) is -0.136. The van der Waals surface area contributed by atoms with Gasteiger partial charge in [0.25, 0.3) is 0 Å². The maximum Gasteiger partial charge on any atom is 0.246 e. The van der Waals surface area contributed by atoms with Crippen molar-refractivity contribution in [3.05, 3.63) is 64.7 Å². The van der Waals surface area contributed by atoms with Gasteiger partial charge in [0.05, 0.1) is 11.9 Å². The quantitative estimate of drug-likeness (QED) is 0.773. The molecule has 6 heteroatoms. The van der Waals surface area contributed by atoms with Crippen LogP contribution in [0.3, 0.4) is 0 Å². The number of rotatable bonds is 5. The van der Waals surface area contributed by atoms with Gasteiger partial charge in [-0.3, -0.25) is 9.10 Å². The zero-order valence-corrected chi connectivity index (χ0v) is 17.8. The van der Waals surface area contributed by atoms with Gasteiger partial charge < -0.3 is 4.90 Å². The molecule has 1 aliphatic rings. The normalized spacial score (nSPS) is 15.1. The van der Waals surface area contributed by atoms with Crippen LogP contribution in [0, 0.1) is 13.8 Å². The molecule has 0 saturated heterocycles. The Morgan fingerprint density at radius 1 is 1.14 bits per heavy atom. The van der Waals surface area contributed by atoms with E-state index in [0.29, 0.717) is 25.2 Å². The third-order valence-electron chi connectivity index (χ3n) is 5.36. The highest BCUT2D eigenvalue weighted by Crippen LogP contribution is 2.29. The van der Waals surface area contributed by atoms with Crippen molar-refractivity contribution in [3.8, 4) is 0 Å². The summed E-state index contributed by atoms with van der Waals surface area (Å²) in [6.45, 7) is 6.80. The zero-order valence-electron chi connectivity index (χ0n) is 17.0. The molecular formula is C22H28N2O3S. The maximum atomic E-state index is 13.4. The minimum absolute atomic E-state index is 0.136. The second-order valence-corrected chi connectivity index (χ2v) is 9.41. The monoisotopic (exact) mass is 400 g/mol. The van der Waals surface area contributed by atoms with Gasteiger partial charge in [0.15, 0.2) is 0 Å². The molecule has 0 fully saturated rings. The Bertz CT molecular complexity index is 985. The Kier molecular flexibility index (Phi) is 5.79. The number of carbonyl (C=O) groups excluding carboxylic acids is 1. The molecule has 1 amide bonds. The minimum atomic E-state index is -3.63. The zero-order chi connectivity index (χ0) is 20.5. The molecular weight excluding hydrogens is 372 g/mol. The smallest absolute Gasteiger partial charge is 0.246 e. The van der Waals surface area contributed by atoms with Crippen LogP contribution < -0.4 is 4.31 Å². The van der Waals surface area contributed by atoms with E-state index in [4.69, 9.17) is 0 Å². The predicted octanol–water partition coefficient (Wildman–Crippen LogP) is 3.43. The lowest BCUT2D eigenvalue weighted by Crippen LogP contribution is -2.52. The Morgan fingerprint density at radius 3 is 2.46 bits per heavy atom. The van der Waals surface area contributed by atoms with Gasteiger partial charge >= 0.3 is 0 Å². The maximum absolute atomic E-state index is 13.4. The van der Waals surface area contributed by atoms with Gasteiger partial charge in [-0.2, -0.15) is 0 Å².